The average molecular weight is 256 g/mol. The molecule has 0 bridgehead atoms. The van der Waals surface area contributed by atoms with Crippen LogP contribution in [0.2, 0.25) is 0 Å². The molecule has 1 aromatic rings. The molecule has 0 aromatic heterocycles. The van der Waals surface area contributed by atoms with Crippen LogP contribution in [0.5, 0.6) is 5.75 Å². The van der Waals surface area contributed by atoms with Crippen molar-refractivity contribution in [3.05, 3.63) is 29.3 Å². The molecule has 0 saturated heterocycles. The summed E-state index contributed by atoms with van der Waals surface area (Å²) in [4.78, 5) is 0. The van der Waals surface area contributed by atoms with Gasteiger partial charge in [0.2, 0.25) is 0 Å². The van der Waals surface area contributed by atoms with Crippen LogP contribution in [0, 0.1) is 5.92 Å². The second-order valence-electron chi connectivity index (χ2n) is 4.64. The minimum absolute atomic E-state index is 0. The maximum absolute atomic E-state index is 5.57. The van der Waals surface area contributed by atoms with E-state index in [1.165, 1.54) is 30.4 Å². The van der Waals surface area contributed by atoms with Crippen LogP contribution in [0.25, 0.3) is 0 Å². The molecule has 0 aliphatic heterocycles. The molecule has 2 nitrogen and oxygen atoms in total. The standard InChI is InChI=1S/C14H21NO.ClH/c1-16-14-6-2-5-12-10-11(4-3-9-15)7-8-13(12)14;/h2,5-6,11H,3-4,7-10,15H2,1H3;1H. The minimum Gasteiger partial charge on any atom is -0.496 e. The Balaban J connectivity index is 0.00000144. The summed E-state index contributed by atoms with van der Waals surface area (Å²) in [6.45, 7) is 0.821. The van der Waals surface area contributed by atoms with Crippen molar-refractivity contribution in [3.8, 4) is 5.75 Å². The maximum Gasteiger partial charge on any atom is 0.122 e. The number of fused-ring (bicyclic) bond motifs is 1. The van der Waals surface area contributed by atoms with E-state index in [0.717, 1.165) is 31.1 Å². The molecule has 1 aliphatic carbocycles. The summed E-state index contributed by atoms with van der Waals surface area (Å²) >= 11 is 0. The molecule has 2 rings (SSSR count). The van der Waals surface area contributed by atoms with Gasteiger partial charge in [0.05, 0.1) is 7.11 Å². The lowest BCUT2D eigenvalue weighted by atomic mass is 9.81. The van der Waals surface area contributed by atoms with Crippen LogP contribution >= 0.6 is 12.4 Å². The Morgan fingerprint density at radius 3 is 2.94 bits per heavy atom. The normalized spacial score (nSPS) is 18.1. The van der Waals surface area contributed by atoms with E-state index < -0.39 is 0 Å². The lowest BCUT2D eigenvalue weighted by Crippen LogP contribution is -2.16. The fraction of sp³-hybridized carbons (Fsp3) is 0.571. The van der Waals surface area contributed by atoms with Gasteiger partial charge in [-0.15, -0.1) is 12.4 Å². The molecule has 3 heteroatoms. The Bertz CT molecular complexity index is 354. The van der Waals surface area contributed by atoms with Gasteiger partial charge in [0.15, 0.2) is 0 Å². The Labute approximate surface area is 110 Å². The number of benzene rings is 1. The Hall–Kier alpha value is -0.730. The highest BCUT2D eigenvalue weighted by Crippen LogP contribution is 2.33. The van der Waals surface area contributed by atoms with Gasteiger partial charge in [-0.3, -0.25) is 0 Å². The number of hydrogen-bond donors (Lipinski definition) is 1. The van der Waals surface area contributed by atoms with Crippen LogP contribution in [-0.4, -0.2) is 13.7 Å². The molecule has 0 saturated carbocycles. The summed E-state index contributed by atoms with van der Waals surface area (Å²) < 4.78 is 5.41. The summed E-state index contributed by atoms with van der Waals surface area (Å²) in [5, 5.41) is 0. The highest BCUT2D eigenvalue weighted by Gasteiger charge is 2.20. The van der Waals surface area contributed by atoms with Crippen LogP contribution in [0.4, 0.5) is 0 Å². The number of hydrogen-bond acceptors (Lipinski definition) is 2. The summed E-state index contributed by atoms with van der Waals surface area (Å²) in [5.41, 5.74) is 8.47. The van der Waals surface area contributed by atoms with Gasteiger partial charge in [-0.2, -0.15) is 0 Å². The van der Waals surface area contributed by atoms with Gasteiger partial charge in [-0.05, 0) is 61.8 Å². The second-order valence-corrected chi connectivity index (χ2v) is 4.64. The monoisotopic (exact) mass is 255 g/mol. The van der Waals surface area contributed by atoms with E-state index in [2.05, 4.69) is 18.2 Å². The number of methoxy groups -OCH3 is 1. The molecule has 96 valence electrons. The van der Waals surface area contributed by atoms with Crippen molar-refractivity contribution in [3.63, 3.8) is 0 Å². The third-order valence-electron chi connectivity index (χ3n) is 3.58. The molecule has 0 spiro atoms. The fourth-order valence-corrected chi connectivity index (χ4v) is 2.69. The zero-order valence-electron chi connectivity index (χ0n) is 10.4. The van der Waals surface area contributed by atoms with Gasteiger partial charge in [0, 0.05) is 0 Å². The van der Waals surface area contributed by atoms with Crippen molar-refractivity contribution in [1.29, 1.82) is 0 Å². The Morgan fingerprint density at radius 1 is 1.41 bits per heavy atom. The summed E-state index contributed by atoms with van der Waals surface area (Å²) in [7, 11) is 1.76. The predicted octanol–water partition coefficient (Wildman–Crippen LogP) is 2.96. The third-order valence-corrected chi connectivity index (χ3v) is 3.58. The summed E-state index contributed by atoms with van der Waals surface area (Å²) in [5.74, 6) is 1.89. The molecule has 0 amide bonds. The summed E-state index contributed by atoms with van der Waals surface area (Å²) in [6.07, 6.45) is 6.08. The zero-order chi connectivity index (χ0) is 11.4. The van der Waals surface area contributed by atoms with Gasteiger partial charge in [-0.1, -0.05) is 12.1 Å². The number of halogens is 1. The molecule has 2 N–H and O–H groups in total. The first-order valence-corrected chi connectivity index (χ1v) is 6.20. The van der Waals surface area contributed by atoms with E-state index in [4.69, 9.17) is 10.5 Å². The minimum atomic E-state index is 0. The van der Waals surface area contributed by atoms with Crippen molar-refractivity contribution in [1.82, 2.24) is 0 Å². The van der Waals surface area contributed by atoms with Crippen molar-refractivity contribution in [2.75, 3.05) is 13.7 Å². The Kier molecular flexibility index (Phi) is 5.79. The topological polar surface area (TPSA) is 35.2 Å². The SMILES string of the molecule is COc1cccc2c1CCC(CCCN)C2.Cl. The van der Waals surface area contributed by atoms with Crippen molar-refractivity contribution >= 4 is 12.4 Å². The lowest BCUT2D eigenvalue weighted by Gasteiger charge is -2.25. The van der Waals surface area contributed by atoms with E-state index in [0.29, 0.717) is 0 Å². The van der Waals surface area contributed by atoms with Crippen molar-refractivity contribution in [2.45, 2.75) is 32.1 Å². The molecular formula is C14H22ClNO. The largest absolute Gasteiger partial charge is 0.496 e. The van der Waals surface area contributed by atoms with Crippen LogP contribution in [0.3, 0.4) is 0 Å². The first-order valence-electron chi connectivity index (χ1n) is 6.20. The number of rotatable bonds is 4. The molecule has 1 atom stereocenters. The quantitative estimate of drug-likeness (QED) is 0.898. The fourth-order valence-electron chi connectivity index (χ4n) is 2.69. The molecule has 1 aromatic carbocycles. The first kappa shape index (κ1) is 14.3. The maximum atomic E-state index is 5.57. The summed E-state index contributed by atoms with van der Waals surface area (Å²) in [6, 6.07) is 6.41. The average Bonchev–Trinajstić information content (AvgIpc) is 2.35. The van der Waals surface area contributed by atoms with Gasteiger partial charge in [0.25, 0.3) is 0 Å². The molecule has 1 aliphatic rings. The number of ether oxygens (including phenoxy) is 1. The zero-order valence-corrected chi connectivity index (χ0v) is 11.3. The molecule has 0 fully saturated rings. The van der Waals surface area contributed by atoms with Gasteiger partial charge in [-0.25, -0.2) is 0 Å². The molecule has 0 radical (unpaired) electrons. The van der Waals surface area contributed by atoms with E-state index in [1.807, 2.05) is 0 Å². The smallest absolute Gasteiger partial charge is 0.122 e. The van der Waals surface area contributed by atoms with Crippen LogP contribution in [-0.2, 0) is 12.8 Å². The molecular weight excluding hydrogens is 234 g/mol. The van der Waals surface area contributed by atoms with Crippen molar-refractivity contribution < 1.29 is 4.74 Å². The van der Waals surface area contributed by atoms with E-state index in [-0.39, 0.29) is 12.4 Å². The van der Waals surface area contributed by atoms with Gasteiger partial charge >= 0.3 is 0 Å². The Morgan fingerprint density at radius 2 is 2.24 bits per heavy atom. The third kappa shape index (κ3) is 3.36. The molecule has 0 heterocycles. The first-order chi connectivity index (χ1) is 7.85. The lowest BCUT2D eigenvalue weighted by molar-refractivity contribution is 0.384. The van der Waals surface area contributed by atoms with Crippen LogP contribution in [0.15, 0.2) is 18.2 Å². The predicted molar refractivity (Wildman–Crippen MR) is 74.0 cm³/mol. The number of nitrogens with two attached hydrogens (primary N) is 1. The highest BCUT2D eigenvalue weighted by atomic mass is 35.5. The van der Waals surface area contributed by atoms with Crippen molar-refractivity contribution in [2.24, 2.45) is 11.7 Å². The second kappa shape index (κ2) is 6.87. The highest BCUT2D eigenvalue weighted by molar-refractivity contribution is 5.85. The van der Waals surface area contributed by atoms with E-state index in [9.17, 15) is 0 Å². The van der Waals surface area contributed by atoms with E-state index >= 15 is 0 Å². The van der Waals surface area contributed by atoms with Crippen LogP contribution < -0.4 is 10.5 Å². The van der Waals surface area contributed by atoms with Gasteiger partial charge in [0.1, 0.15) is 5.75 Å². The van der Waals surface area contributed by atoms with Gasteiger partial charge < -0.3 is 10.5 Å². The molecule has 1 unspecified atom stereocenters. The van der Waals surface area contributed by atoms with E-state index in [1.54, 1.807) is 7.11 Å². The van der Waals surface area contributed by atoms with Crippen LogP contribution in [0.1, 0.15) is 30.4 Å². The molecule has 17 heavy (non-hydrogen) atoms.